The Bertz CT molecular complexity index is 1370. The SMILES string of the molecule is C[C@@H](OC(=O)Nc1ncsc1-c1ccc(-c2ccc(C3([C-]=O)CC3)cc2)cc1)c1ccccc1Cl.[Na+].[OH-]. The van der Waals surface area contributed by atoms with Crippen LogP contribution in [0.25, 0.3) is 21.6 Å². The first-order chi connectivity index (χ1) is 17.0. The number of ether oxygens (including phenoxy) is 1. The second-order valence-corrected chi connectivity index (χ2v) is 9.82. The van der Waals surface area contributed by atoms with Crippen molar-refractivity contribution in [2.24, 2.45) is 0 Å². The van der Waals surface area contributed by atoms with Crippen molar-refractivity contribution >= 4 is 41.1 Å². The number of carbonyl (C=O) groups excluding carboxylic acids is 2. The molecule has 0 spiro atoms. The van der Waals surface area contributed by atoms with Gasteiger partial charge in [-0.15, -0.1) is 16.8 Å². The van der Waals surface area contributed by atoms with Gasteiger partial charge < -0.3 is 15.0 Å². The number of halogens is 1. The van der Waals surface area contributed by atoms with Crippen LogP contribution in [0.15, 0.2) is 78.3 Å². The number of hydrogen-bond acceptors (Lipinski definition) is 6. The molecule has 184 valence electrons. The quantitative estimate of drug-likeness (QED) is 0.276. The van der Waals surface area contributed by atoms with Gasteiger partial charge in [0.05, 0.1) is 10.4 Å². The molecule has 1 heterocycles. The third kappa shape index (κ3) is 6.32. The molecule has 0 radical (unpaired) electrons. The molecule has 1 amide bonds. The summed E-state index contributed by atoms with van der Waals surface area (Å²) in [5.74, 6) is 0.448. The average molecular weight is 542 g/mol. The van der Waals surface area contributed by atoms with E-state index in [0.29, 0.717) is 10.8 Å². The van der Waals surface area contributed by atoms with Crippen molar-refractivity contribution in [3.05, 3.63) is 94.5 Å². The standard InChI is InChI=1S/C28H22ClN2O3S.Na.H2O/c1-18(23-4-2-3-5-24(23)29)34-27(33)31-26-25(35-17-30-26)21-8-6-19(7-9-21)20-10-12-22(13-11-20)28(16-32)14-15-28;;/h2-13,17-18H,14-15H2,1H3,(H,31,33);;1H2/q-1;+1;/p-1/t18-;;/m1../s1. The van der Waals surface area contributed by atoms with Gasteiger partial charge in [0.25, 0.3) is 0 Å². The van der Waals surface area contributed by atoms with E-state index >= 15 is 0 Å². The molecule has 4 aromatic rings. The van der Waals surface area contributed by atoms with Crippen LogP contribution in [-0.2, 0) is 14.9 Å². The summed E-state index contributed by atoms with van der Waals surface area (Å²) >= 11 is 7.65. The summed E-state index contributed by atoms with van der Waals surface area (Å²) in [6, 6.07) is 23.4. The first-order valence-electron chi connectivity index (χ1n) is 11.3. The van der Waals surface area contributed by atoms with E-state index in [4.69, 9.17) is 16.3 Å². The Morgan fingerprint density at radius 3 is 2.22 bits per heavy atom. The predicted octanol–water partition coefficient (Wildman–Crippen LogP) is 4.41. The molecule has 0 bridgehead atoms. The molecule has 1 aliphatic carbocycles. The average Bonchev–Trinajstić information content (AvgIpc) is 3.56. The van der Waals surface area contributed by atoms with Gasteiger partial charge in [0.1, 0.15) is 6.10 Å². The van der Waals surface area contributed by atoms with Crippen molar-refractivity contribution < 1.29 is 49.4 Å². The Labute approximate surface area is 246 Å². The van der Waals surface area contributed by atoms with Gasteiger partial charge >= 0.3 is 35.7 Å². The van der Waals surface area contributed by atoms with Crippen molar-refractivity contribution in [3.8, 4) is 21.6 Å². The molecule has 0 saturated heterocycles. The second kappa shape index (κ2) is 12.3. The maximum absolute atomic E-state index is 12.5. The van der Waals surface area contributed by atoms with Gasteiger partial charge in [0.15, 0.2) is 5.82 Å². The number of benzene rings is 3. The minimum Gasteiger partial charge on any atom is -0.870 e. The Hall–Kier alpha value is -2.52. The van der Waals surface area contributed by atoms with Crippen LogP contribution >= 0.6 is 22.9 Å². The fraction of sp³-hybridized carbons (Fsp3) is 0.179. The molecule has 1 aromatic heterocycles. The van der Waals surface area contributed by atoms with Gasteiger partial charge in [-0.1, -0.05) is 96.7 Å². The molecule has 1 atom stereocenters. The number of amides is 1. The topological polar surface area (TPSA) is 98.3 Å². The number of nitrogens with one attached hydrogen (secondary N) is 1. The maximum Gasteiger partial charge on any atom is 1.00 e. The maximum atomic E-state index is 12.5. The van der Waals surface area contributed by atoms with Gasteiger partial charge in [-0.25, -0.2) is 9.78 Å². The van der Waals surface area contributed by atoms with E-state index in [1.165, 1.54) is 11.3 Å². The summed E-state index contributed by atoms with van der Waals surface area (Å²) < 4.78 is 5.51. The van der Waals surface area contributed by atoms with Crippen molar-refractivity contribution in [1.82, 2.24) is 4.98 Å². The molecule has 3 aromatic carbocycles. The first kappa shape index (κ1) is 29.0. The number of carbonyl (C=O) groups is 1. The van der Waals surface area contributed by atoms with Crippen LogP contribution in [0.5, 0.6) is 0 Å². The second-order valence-electron chi connectivity index (χ2n) is 8.56. The van der Waals surface area contributed by atoms with Crippen LogP contribution < -0.4 is 34.9 Å². The Morgan fingerprint density at radius 2 is 1.62 bits per heavy atom. The van der Waals surface area contributed by atoms with E-state index < -0.39 is 12.2 Å². The van der Waals surface area contributed by atoms with E-state index in [9.17, 15) is 9.59 Å². The van der Waals surface area contributed by atoms with Crippen molar-refractivity contribution in [2.45, 2.75) is 31.3 Å². The first-order valence-corrected chi connectivity index (χ1v) is 12.5. The third-order valence-electron chi connectivity index (χ3n) is 6.28. The summed E-state index contributed by atoms with van der Waals surface area (Å²) in [5, 5.41) is 3.30. The Morgan fingerprint density at radius 1 is 1.03 bits per heavy atom. The van der Waals surface area contributed by atoms with Crippen LogP contribution in [0.3, 0.4) is 0 Å². The smallest absolute Gasteiger partial charge is 0.870 e. The van der Waals surface area contributed by atoms with E-state index in [-0.39, 0.29) is 40.4 Å². The number of nitrogens with zero attached hydrogens (tertiary/aromatic N) is 1. The van der Waals surface area contributed by atoms with Crippen LogP contribution in [0.1, 0.15) is 37.0 Å². The van der Waals surface area contributed by atoms with Gasteiger partial charge in [-0.3, -0.25) is 11.6 Å². The molecule has 37 heavy (non-hydrogen) atoms. The van der Waals surface area contributed by atoms with E-state index in [1.54, 1.807) is 18.5 Å². The number of rotatable bonds is 7. The number of hydrogen-bond donors (Lipinski definition) is 1. The largest absolute Gasteiger partial charge is 1.00 e. The molecule has 6 nitrogen and oxygen atoms in total. The summed E-state index contributed by atoms with van der Waals surface area (Å²) in [6.07, 6.45) is 2.85. The molecule has 9 heteroatoms. The van der Waals surface area contributed by atoms with Crippen LogP contribution in [0, 0.1) is 0 Å². The number of thiazole rings is 1. The molecule has 5 rings (SSSR count). The van der Waals surface area contributed by atoms with Gasteiger partial charge in [0, 0.05) is 10.6 Å². The molecule has 1 aliphatic rings. The Balaban J connectivity index is 0.00000190. The number of anilines is 1. The molecule has 1 saturated carbocycles. The minimum atomic E-state index is -0.595. The van der Waals surface area contributed by atoms with Crippen molar-refractivity contribution in [3.63, 3.8) is 0 Å². The van der Waals surface area contributed by atoms with Crippen LogP contribution in [-0.4, -0.2) is 22.8 Å². The zero-order valence-corrected chi connectivity index (χ0v) is 24.0. The molecule has 1 fully saturated rings. The third-order valence-corrected chi connectivity index (χ3v) is 7.50. The fourth-order valence-electron chi connectivity index (χ4n) is 4.07. The Kier molecular flexibility index (Phi) is 9.69. The monoisotopic (exact) mass is 541 g/mol. The van der Waals surface area contributed by atoms with E-state index in [2.05, 4.69) is 16.6 Å². The summed E-state index contributed by atoms with van der Waals surface area (Å²) in [4.78, 5) is 28.9. The zero-order valence-electron chi connectivity index (χ0n) is 20.4. The summed E-state index contributed by atoms with van der Waals surface area (Å²) in [5.41, 5.74) is 6.15. The van der Waals surface area contributed by atoms with E-state index in [1.807, 2.05) is 66.7 Å². The van der Waals surface area contributed by atoms with Crippen molar-refractivity contribution in [1.29, 1.82) is 0 Å². The van der Waals surface area contributed by atoms with E-state index in [0.717, 1.165) is 45.5 Å². The van der Waals surface area contributed by atoms with Gasteiger partial charge in [-0.2, -0.15) is 0 Å². The fourth-order valence-corrected chi connectivity index (χ4v) is 5.11. The number of aromatic nitrogens is 1. The molecule has 0 aliphatic heterocycles. The molecule has 0 unspecified atom stereocenters. The normalized spacial score (nSPS) is 13.9. The molecular formula is C28H23ClN2NaO4S-. The molecule has 2 N–H and O–H groups in total. The predicted molar refractivity (Wildman–Crippen MR) is 141 cm³/mol. The summed E-state index contributed by atoms with van der Waals surface area (Å²) in [7, 11) is 0. The molecular weight excluding hydrogens is 519 g/mol. The zero-order chi connectivity index (χ0) is 24.4. The minimum absolute atomic E-state index is 0. The van der Waals surface area contributed by atoms with Crippen LogP contribution in [0.4, 0.5) is 10.6 Å². The van der Waals surface area contributed by atoms with Crippen molar-refractivity contribution in [2.75, 3.05) is 5.32 Å². The van der Waals surface area contributed by atoms with Crippen LogP contribution in [0.2, 0.25) is 5.02 Å². The summed E-state index contributed by atoms with van der Waals surface area (Å²) in [6.45, 7) is 1.77. The van der Waals surface area contributed by atoms with Gasteiger partial charge in [-0.05, 0) is 29.7 Å². The van der Waals surface area contributed by atoms with Gasteiger partial charge in [0.2, 0.25) is 0 Å².